The van der Waals surface area contributed by atoms with Gasteiger partial charge in [-0.15, -0.1) is 0 Å². The van der Waals surface area contributed by atoms with Gasteiger partial charge in [0.05, 0.1) is 0 Å². The number of hydrogen-bond donors (Lipinski definition) is 2. The van der Waals surface area contributed by atoms with E-state index in [4.69, 9.17) is 11.5 Å². The van der Waals surface area contributed by atoms with Crippen LogP contribution in [0.2, 0.25) is 0 Å². The number of nitrogens with zero attached hydrogens (tertiary/aromatic N) is 1. The highest BCUT2D eigenvalue weighted by molar-refractivity contribution is 7.93. The number of nitrogens with two attached hydrogens (primary N) is 2. The maximum absolute atomic E-state index is 12.8. The lowest BCUT2D eigenvalue weighted by molar-refractivity contribution is 0.399. The van der Waals surface area contributed by atoms with Crippen LogP contribution in [0.1, 0.15) is 52.9 Å². The Morgan fingerprint density at radius 2 is 1.76 bits per heavy atom. The molecule has 0 amide bonds. The SMILES string of the molecule is CCCCN(CCCC)S(=O)(=O)C1=C(N)CC(C)(N)C=C1. The van der Waals surface area contributed by atoms with E-state index in [-0.39, 0.29) is 4.91 Å². The molecule has 0 saturated heterocycles. The lowest BCUT2D eigenvalue weighted by atomic mass is 9.93. The molecule has 1 rings (SSSR count). The highest BCUT2D eigenvalue weighted by atomic mass is 32.2. The van der Waals surface area contributed by atoms with Gasteiger partial charge in [0.2, 0.25) is 10.0 Å². The van der Waals surface area contributed by atoms with Gasteiger partial charge in [-0.1, -0.05) is 32.8 Å². The highest BCUT2D eigenvalue weighted by Gasteiger charge is 2.31. The molecule has 0 heterocycles. The number of hydrogen-bond acceptors (Lipinski definition) is 4. The first kappa shape index (κ1) is 18.2. The minimum Gasteiger partial charge on any atom is -0.401 e. The van der Waals surface area contributed by atoms with Crippen LogP contribution in [-0.2, 0) is 10.0 Å². The molecule has 0 spiro atoms. The van der Waals surface area contributed by atoms with Crippen molar-refractivity contribution in [2.45, 2.75) is 58.4 Å². The van der Waals surface area contributed by atoms with Crippen LogP contribution in [0.3, 0.4) is 0 Å². The van der Waals surface area contributed by atoms with Crippen LogP contribution in [0.4, 0.5) is 0 Å². The largest absolute Gasteiger partial charge is 0.401 e. The summed E-state index contributed by atoms with van der Waals surface area (Å²) in [5, 5.41) is 0. The molecule has 0 aromatic heterocycles. The smallest absolute Gasteiger partial charge is 0.244 e. The molecule has 1 atom stereocenters. The van der Waals surface area contributed by atoms with E-state index in [9.17, 15) is 8.42 Å². The Kier molecular flexibility index (Phi) is 6.43. The first-order valence-corrected chi connectivity index (χ1v) is 9.15. The van der Waals surface area contributed by atoms with E-state index in [0.29, 0.717) is 25.2 Å². The van der Waals surface area contributed by atoms with Crippen LogP contribution in [-0.4, -0.2) is 31.4 Å². The van der Waals surface area contributed by atoms with Crippen LogP contribution < -0.4 is 11.5 Å². The van der Waals surface area contributed by atoms with E-state index in [1.165, 1.54) is 0 Å². The monoisotopic (exact) mass is 315 g/mol. The third kappa shape index (κ3) is 4.83. The van der Waals surface area contributed by atoms with Gasteiger partial charge in [-0.05, 0) is 25.8 Å². The molecule has 0 fully saturated rings. The van der Waals surface area contributed by atoms with Crippen molar-refractivity contribution in [3.05, 3.63) is 22.8 Å². The number of allylic oxidation sites excluding steroid dienone is 1. The summed E-state index contributed by atoms with van der Waals surface area (Å²) in [4.78, 5) is 0.220. The van der Waals surface area contributed by atoms with Crippen molar-refractivity contribution in [3.63, 3.8) is 0 Å². The standard InChI is InChI=1S/C15H29N3O2S/c1-4-6-10-18(11-7-5-2)21(19,20)14-8-9-15(3,17)12-13(14)16/h8-9H,4-7,10-12,16-17H2,1-3H3. The van der Waals surface area contributed by atoms with Crippen molar-refractivity contribution in [3.8, 4) is 0 Å². The van der Waals surface area contributed by atoms with E-state index < -0.39 is 15.6 Å². The van der Waals surface area contributed by atoms with Crippen molar-refractivity contribution in [1.29, 1.82) is 0 Å². The number of rotatable bonds is 8. The zero-order valence-electron chi connectivity index (χ0n) is 13.4. The van der Waals surface area contributed by atoms with E-state index in [2.05, 4.69) is 13.8 Å². The van der Waals surface area contributed by atoms with Gasteiger partial charge in [-0.25, -0.2) is 8.42 Å². The highest BCUT2D eigenvalue weighted by Crippen LogP contribution is 2.27. The molecule has 0 aliphatic heterocycles. The zero-order chi connectivity index (χ0) is 16.1. The molecule has 0 radical (unpaired) electrons. The molecular weight excluding hydrogens is 286 g/mol. The van der Waals surface area contributed by atoms with Gasteiger partial charge < -0.3 is 11.5 Å². The van der Waals surface area contributed by atoms with Crippen LogP contribution >= 0.6 is 0 Å². The minimum atomic E-state index is -3.52. The molecule has 122 valence electrons. The molecule has 4 N–H and O–H groups in total. The molecule has 1 unspecified atom stereocenters. The normalized spacial score (nSPS) is 23.1. The molecule has 21 heavy (non-hydrogen) atoms. The Morgan fingerprint density at radius 3 is 2.19 bits per heavy atom. The molecule has 0 aromatic carbocycles. The molecule has 0 bridgehead atoms. The summed E-state index contributed by atoms with van der Waals surface area (Å²) in [5.74, 6) is 0. The lowest BCUT2D eigenvalue weighted by Crippen LogP contribution is -2.40. The Bertz CT molecular complexity index is 499. The average Bonchev–Trinajstić information content (AvgIpc) is 2.36. The zero-order valence-corrected chi connectivity index (χ0v) is 14.2. The summed E-state index contributed by atoms with van der Waals surface area (Å²) in [7, 11) is -3.52. The van der Waals surface area contributed by atoms with Crippen molar-refractivity contribution in [2.75, 3.05) is 13.1 Å². The van der Waals surface area contributed by atoms with Crippen molar-refractivity contribution in [2.24, 2.45) is 11.5 Å². The number of sulfonamides is 1. The predicted molar refractivity (Wildman–Crippen MR) is 87.9 cm³/mol. The quantitative estimate of drug-likeness (QED) is 0.717. The molecular formula is C15H29N3O2S. The Hall–Kier alpha value is -0.850. The van der Waals surface area contributed by atoms with Gasteiger partial charge in [0.15, 0.2) is 0 Å². The van der Waals surface area contributed by atoms with Crippen LogP contribution in [0, 0.1) is 0 Å². The van der Waals surface area contributed by atoms with Gasteiger partial charge in [-0.2, -0.15) is 4.31 Å². The van der Waals surface area contributed by atoms with E-state index in [1.807, 2.05) is 6.92 Å². The van der Waals surface area contributed by atoms with E-state index in [0.717, 1.165) is 25.7 Å². The Labute approximate surface area is 129 Å². The van der Waals surface area contributed by atoms with Gasteiger partial charge >= 0.3 is 0 Å². The summed E-state index contributed by atoms with van der Waals surface area (Å²) >= 11 is 0. The van der Waals surface area contributed by atoms with Crippen molar-refractivity contribution < 1.29 is 8.42 Å². The van der Waals surface area contributed by atoms with Crippen LogP contribution in [0.25, 0.3) is 0 Å². The summed E-state index contributed by atoms with van der Waals surface area (Å²) in [6, 6.07) is 0. The maximum atomic E-state index is 12.8. The molecule has 1 aliphatic rings. The molecule has 0 aromatic rings. The Balaban J connectivity index is 3.03. The summed E-state index contributed by atoms with van der Waals surface area (Å²) in [6.45, 7) is 7.04. The molecule has 0 saturated carbocycles. The van der Waals surface area contributed by atoms with Crippen molar-refractivity contribution >= 4 is 10.0 Å². The molecule has 5 nitrogen and oxygen atoms in total. The third-order valence-corrected chi connectivity index (χ3v) is 5.64. The summed E-state index contributed by atoms with van der Waals surface area (Å²) in [5.41, 5.74) is 11.8. The van der Waals surface area contributed by atoms with E-state index >= 15 is 0 Å². The van der Waals surface area contributed by atoms with Gasteiger partial charge in [-0.3, -0.25) is 0 Å². The molecule has 1 aliphatic carbocycles. The summed E-state index contributed by atoms with van der Waals surface area (Å²) < 4.78 is 27.2. The second-order valence-corrected chi connectivity index (χ2v) is 7.92. The minimum absolute atomic E-state index is 0.220. The topological polar surface area (TPSA) is 89.4 Å². The predicted octanol–water partition coefficient (Wildman–Crippen LogP) is 2.07. The summed E-state index contributed by atoms with van der Waals surface area (Å²) in [6.07, 6.45) is 7.30. The fourth-order valence-corrected chi connectivity index (χ4v) is 4.00. The van der Waals surface area contributed by atoms with Crippen LogP contribution in [0.15, 0.2) is 22.8 Å². The van der Waals surface area contributed by atoms with Crippen molar-refractivity contribution in [1.82, 2.24) is 4.31 Å². The fourth-order valence-electron chi connectivity index (χ4n) is 2.34. The first-order valence-electron chi connectivity index (χ1n) is 7.71. The number of unbranched alkanes of at least 4 members (excludes halogenated alkanes) is 2. The molecule has 6 heteroatoms. The van der Waals surface area contributed by atoms with Gasteiger partial charge in [0.25, 0.3) is 0 Å². The van der Waals surface area contributed by atoms with E-state index in [1.54, 1.807) is 16.5 Å². The second-order valence-electron chi connectivity index (χ2n) is 6.02. The fraction of sp³-hybridized carbons (Fsp3) is 0.733. The second kappa shape index (κ2) is 7.42. The van der Waals surface area contributed by atoms with Crippen LogP contribution in [0.5, 0.6) is 0 Å². The van der Waals surface area contributed by atoms with Gasteiger partial charge in [0.1, 0.15) is 4.91 Å². The third-order valence-electron chi connectivity index (χ3n) is 3.64. The maximum Gasteiger partial charge on any atom is 0.244 e. The lowest BCUT2D eigenvalue weighted by Gasteiger charge is -2.29. The Morgan fingerprint density at radius 1 is 1.24 bits per heavy atom. The van der Waals surface area contributed by atoms with Gasteiger partial charge in [0, 0.05) is 30.7 Å². The first-order chi connectivity index (χ1) is 9.74. The average molecular weight is 315 g/mol.